The summed E-state index contributed by atoms with van der Waals surface area (Å²) >= 11 is 0. The molecule has 0 heterocycles. The van der Waals surface area contributed by atoms with E-state index in [1.54, 1.807) is 5.19 Å². The van der Waals surface area contributed by atoms with Gasteiger partial charge in [-0.25, -0.2) is 0 Å². The van der Waals surface area contributed by atoms with Crippen LogP contribution in [0.3, 0.4) is 0 Å². The summed E-state index contributed by atoms with van der Waals surface area (Å²) < 4.78 is 0. The van der Waals surface area contributed by atoms with E-state index in [0.717, 1.165) is 6.42 Å². The molecular weight excluding hydrogens is 310 g/mol. The second-order valence-electron chi connectivity index (χ2n) is 8.36. The fraction of sp³-hybridized carbons (Fsp3) is 0.600. The minimum absolute atomic E-state index is 0.690. The predicted molar refractivity (Wildman–Crippen MR) is 111 cm³/mol. The summed E-state index contributed by atoms with van der Waals surface area (Å²) in [5.41, 5.74) is 4.17. The van der Waals surface area contributed by atoms with Gasteiger partial charge in [0.15, 0.2) is 0 Å². The fourth-order valence-electron chi connectivity index (χ4n) is 3.20. The lowest BCUT2D eigenvalue weighted by atomic mass is 10.2. The first-order valence-electron chi connectivity index (χ1n) is 8.86. The van der Waals surface area contributed by atoms with Crippen molar-refractivity contribution in [3.05, 3.63) is 30.3 Å². The molecule has 23 heavy (non-hydrogen) atoms. The average molecular weight is 346 g/mol. The van der Waals surface area contributed by atoms with Gasteiger partial charge in [0.05, 0.1) is 8.07 Å². The number of rotatable bonds is 7. The van der Waals surface area contributed by atoms with E-state index >= 15 is 0 Å². The molecule has 3 heteroatoms. The van der Waals surface area contributed by atoms with Crippen LogP contribution in [0.25, 0.3) is 0 Å². The molecule has 0 radical (unpaired) electrons. The molecule has 0 saturated heterocycles. The molecule has 128 valence electrons. The Morgan fingerprint density at radius 2 is 1.57 bits per heavy atom. The van der Waals surface area contributed by atoms with Crippen molar-refractivity contribution in [1.29, 1.82) is 0 Å². The molecule has 1 rings (SSSR count). The monoisotopic (exact) mass is 345 g/mol. The summed E-state index contributed by atoms with van der Waals surface area (Å²) in [5, 5.41) is 1.57. The maximum Gasteiger partial charge on any atom is 0.129 e. The van der Waals surface area contributed by atoms with Gasteiger partial charge in [-0.3, -0.25) is 0 Å². The second-order valence-corrected chi connectivity index (χ2v) is 17.8. The van der Waals surface area contributed by atoms with Crippen LogP contribution in [0, 0.1) is 11.5 Å². The molecule has 0 saturated carbocycles. The van der Waals surface area contributed by atoms with Gasteiger partial charge in [0.1, 0.15) is 8.07 Å². The van der Waals surface area contributed by atoms with Crippen LogP contribution < -0.4 is 5.19 Å². The Labute approximate surface area is 146 Å². The van der Waals surface area contributed by atoms with Crippen LogP contribution in [-0.2, 0) is 0 Å². The summed E-state index contributed by atoms with van der Waals surface area (Å²) in [5.74, 6) is 3.41. The minimum atomic E-state index is -1.47. The van der Waals surface area contributed by atoms with Crippen molar-refractivity contribution >= 4 is 21.3 Å². The van der Waals surface area contributed by atoms with Gasteiger partial charge < -0.3 is 4.90 Å². The van der Waals surface area contributed by atoms with Crippen LogP contribution in [-0.4, -0.2) is 40.8 Å². The molecule has 0 aromatic heterocycles. The summed E-state index contributed by atoms with van der Waals surface area (Å²) in [6.07, 6.45) is 4.88. The number of benzene rings is 1. The zero-order chi connectivity index (χ0) is 17.5. The highest BCUT2D eigenvalue weighted by molar-refractivity contribution is 6.91. The van der Waals surface area contributed by atoms with E-state index in [-0.39, 0.29) is 0 Å². The quantitative estimate of drug-likeness (QED) is 0.399. The summed E-state index contributed by atoms with van der Waals surface area (Å²) in [7, 11) is 1.82. The van der Waals surface area contributed by atoms with Crippen LogP contribution in [0.1, 0.15) is 25.7 Å². The molecule has 1 atom stereocenters. The van der Waals surface area contributed by atoms with Gasteiger partial charge in [-0.1, -0.05) is 74.7 Å². The van der Waals surface area contributed by atoms with Gasteiger partial charge in [0, 0.05) is 12.1 Å². The van der Waals surface area contributed by atoms with E-state index in [9.17, 15) is 0 Å². The molecule has 0 aliphatic heterocycles. The van der Waals surface area contributed by atoms with E-state index < -0.39 is 16.1 Å². The predicted octanol–water partition coefficient (Wildman–Crippen LogP) is 4.51. The van der Waals surface area contributed by atoms with Crippen molar-refractivity contribution in [2.45, 2.75) is 64.1 Å². The Bertz CT molecular complexity index is 518. The van der Waals surface area contributed by atoms with Gasteiger partial charge in [0.2, 0.25) is 0 Å². The van der Waals surface area contributed by atoms with E-state index in [1.165, 1.54) is 19.3 Å². The lowest BCUT2D eigenvalue weighted by Gasteiger charge is -2.38. The third kappa shape index (κ3) is 7.07. The summed E-state index contributed by atoms with van der Waals surface area (Å²) in [6, 6.07) is 11.1. The zero-order valence-corrected chi connectivity index (χ0v) is 18.2. The van der Waals surface area contributed by atoms with Gasteiger partial charge >= 0.3 is 0 Å². The van der Waals surface area contributed by atoms with Crippen LogP contribution >= 0.6 is 0 Å². The Morgan fingerprint density at radius 1 is 0.957 bits per heavy atom. The molecule has 1 aromatic carbocycles. The molecule has 1 nitrogen and oxygen atoms in total. The highest BCUT2D eigenvalue weighted by atomic mass is 28.3. The Morgan fingerprint density at radius 3 is 2.09 bits per heavy atom. The maximum absolute atomic E-state index is 3.48. The summed E-state index contributed by atoms with van der Waals surface area (Å²) in [4.78, 5) is 2.45. The van der Waals surface area contributed by atoms with E-state index in [0.29, 0.717) is 5.67 Å². The smallest absolute Gasteiger partial charge is 0.129 e. The zero-order valence-electron chi connectivity index (χ0n) is 16.2. The Balaban J connectivity index is 2.61. The van der Waals surface area contributed by atoms with Crippen LogP contribution in [0.5, 0.6) is 0 Å². The normalized spacial score (nSPS) is 13.6. The molecule has 0 spiro atoms. The largest absolute Gasteiger partial charge is 0.309 e. The number of nitrogens with zero attached hydrogens (tertiary/aromatic N) is 1. The first kappa shape index (κ1) is 20.2. The Hall–Kier alpha value is -0.826. The lowest BCUT2D eigenvalue weighted by molar-refractivity contribution is 0.342. The van der Waals surface area contributed by atoms with Gasteiger partial charge in [-0.15, -0.1) is 11.5 Å². The minimum Gasteiger partial charge on any atom is -0.309 e. The maximum atomic E-state index is 3.48. The SMILES string of the molecule is CN(C)C(CCCCC#C[Si](C)(C)C)[Si](C)(C)c1ccccc1. The highest BCUT2D eigenvalue weighted by Crippen LogP contribution is 2.19. The van der Waals surface area contributed by atoms with E-state index in [4.69, 9.17) is 0 Å². The Kier molecular flexibility index (Phi) is 7.80. The number of hydrogen-bond acceptors (Lipinski definition) is 1. The standard InChI is InChI=1S/C20H35NSi2/c1-21(2)20(17-13-8-9-14-18-22(3,4)5)23(6,7)19-15-11-10-12-16-19/h10-12,15-16,20H,8-9,13,17H2,1-7H3. The number of unbranched alkanes of at least 4 members (excludes halogenated alkanes) is 2. The summed E-state index contributed by atoms with van der Waals surface area (Å²) in [6.45, 7) is 12.0. The lowest BCUT2D eigenvalue weighted by Crippen LogP contribution is -2.58. The van der Waals surface area contributed by atoms with Gasteiger partial charge in [-0.2, -0.15) is 0 Å². The molecule has 0 amide bonds. The van der Waals surface area contributed by atoms with Crippen LogP contribution in [0.4, 0.5) is 0 Å². The van der Waals surface area contributed by atoms with Crippen molar-refractivity contribution < 1.29 is 0 Å². The second kappa shape index (κ2) is 8.87. The first-order chi connectivity index (χ1) is 10.6. The van der Waals surface area contributed by atoms with E-state index in [1.807, 2.05) is 0 Å². The fourth-order valence-corrected chi connectivity index (χ4v) is 7.51. The van der Waals surface area contributed by atoms with Crippen molar-refractivity contribution in [2.75, 3.05) is 14.1 Å². The molecule has 1 aromatic rings. The van der Waals surface area contributed by atoms with Gasteiger partial charge in [-0.05, 0) is 26.9 Å². The molecule has 0 aliphatic rings. The van der Waals surface area contributed by atoms with Crippen LogP contribution in [0.2, 0.25) is 32.7 Å². The van der Waals surface area contributed by atoms with E-state index in [2.05, 4.69) is 93.5 Å². The van der Waals surface area contributed by atoms with Crippen molar-refractivity contribution in [3.63, 3.8) is 0 Å². The third-order valence-electron chi connectivity index (χ3n) is 4.47. The highest BCUT2D eigenvalue weighted by Gasteiger charge is 2.34. The van der Waals surface area contributed by atoms with Gasteiger partial charge in [0.25, 0.3) is 0 Å². The molecular formula is C20H35NSi2. The molecule has 0 N–H and O–H groups in total. The topological polar surface area (TPSA) is 3.24 Å². The van der Waals surface area contributed by atoms with Crippen molar-refractivity contribution in [2.24, 2.45) is 0 Å². The van der Waals surface area contributed by atoms with Crippen molar-refractivity contribution in [3.8, 4) is 11.5 Å². The molecule has 1 unspecified atom stereocenters. The first-order valence-corrected chi connectivity index (χ1v) is 15.4. The molecule has 0 bridgehead atoms. The third-order valence-corrected chi connectivity index (χ3v) is 9.69. The number of hydrogen-bond donors (Lipinski definition) is 0. The molecule has 0 aliphatic carbocycles. The van der Waals surface area contributed by atoms with Crippen molar-refractivity contribution in [1.82, 2.24) is 4.90 Å². The average Bonchev–Trinajstić information content (AvgIpc) is 2.45. The molecule has 0 fully saturated rings. The van der Waals surface area contributed by atoms with Crippen LogP contribution in [0.15, 0.2) is 30.3 Å².